The third-order valence-corrected chi connectivity index (χ3v) is 6.22. The number of ether oxygens (including phenoxy) is 2. The van der Waals surface area contributed by atoms with E-state index in [2.05, 4.69) is 0 Å². The fourth-order valence-corrected chi connectivity index (χ4v) is 4.90. The van der Waals surface area contributed by atoms with Crippen LogP contribution in [0, 0.1) is 5.82 Å². The van der Waals surface area contributed by atoms with Gasteiger partial charge in [-0.15, -0.1) is 0 Å². The van der Waals surface area contributed by atoms with Crippen molar-refractivity contribution in [3.63, 3.8) is 0 Å². The first kappa shape index (κ1) is 16.0. The number of halogens is 3. The number of rotatable bonds is 6. The normalized spacial score (nSPS) is 16.9. The molecule has 1 unspecified atom stereocenters. The van der Waals surface area contributed by atoms with E-state index in [-0.39, 0.29) is 17.1 Å². The van der Waals surface area contributed by atoms with E-state index in [0.29, 0.717) is 4.46 Å². The maximum absolute atomic E-state index is 14.0. The van der Waals surface area contributed by atoms with Gasteiger partial charge in [0.1, 0.15) is 0 Å². The zero-order valence-electron chi connectivity index (χ0n) is 11.3. The standard InChI is InChI=1S/C13H13F3O4Se/c1-19-7-5-6(14)9-11(10(7)20-2)21-12(9)13(15,16)4-3-8(17)18/h5,12H,3-4H2,1-2H3,(H,17,18). The topological polar surface area (TPSA) is 55.8 Å². The van der Waals surface area contributed by atoms with Gasteiger partial charge in [0.2, 0.25) is 0 Å². The summed E-state index contributed by atoms with van der Waals surface area (Å²) in [6.07, 6.45) is -1.45. The number of methoxy groups -OCH3 is 2. The van der Waals surface area contributed by atoms with Gasteiger partial charge in [0.05, 0.1) is 0 Å². The third-order valence-electron chi connectivity index (χ3n) is 3.17. The van der Waals surface area contributed by atoms with Gasteiger partial charge in [-0.3, -0.25) is 0 Å². The first-order valence-corrected chi connectivity index (χ1v) is 7.87. The van der Waals surface area contributed by atoms with Gasteiger partial charge in [0, 0.05) is 0 Å². The number of carbonyl (C=O) groups is 1. The molecule has 1 heterocycles. The van der Waals surface area contributed by atoms with E-state index in [9.17, 15) is 18.0 Å². The average Bonchev–Trinajstić information content (AvgIpc) is 2.37. The molecule has 0 spiro atoms. The Balaban J connectivity index is 2.32. The SMILES string of the molecule is COc1cc(F)c2c(c1OC)[Se]C2C(F)(F)CCC(=O)O. The van der Waals surface area contributed by atoms with Gasteiger partial charge in [0.15, 0.2) is 0 Å². The molecule has 116 valence electrons. The first-order valence-electron chi connectivity index (χ1n) is 6.02. The van der Waals surface area contributed by atoms with Gasteiger partial charge in [-0.2, -0.15) is 0 Å². The van der Waals surface area contributed by atoms with Crippen molar-refractivity contribution in [3.05, 3.63) is 17.4 Å². The van der Waals surface area contributed by atoms with Gasteiger partial charge < -0.3 is 0 Å². The molecule has 0 fully saturated rings. The summed E-state index contributed by atoms with van der Waals surface area (Å²) >= 11 is -0.696. The number of carboxylic acid groups (broad SMARTS) is 1. The minimum atomic E-state index is -3.24. The van der Waals surface area contributed by atoms with Crippen LogP contribution in [0.25, 0.3) is 0 Å². The van der Waals surface area contributed by atoms with Crippen LogP contribution in [0.3, 0.4) is 0 Å². The molecule has 1 N–H and O–H groups in total. The summed E-state index contributed by atoms with van der Waals surface area (Å²) in [5, 5.41) is 8.51. The monoisotopic (exact) mass is 370 g/mol. The minimum absolute atomic E-state index is 0.0805. The summed E-state index contributed by atoms with van der Waals surface area (Å²) in [6.45, 7) is 0. The zero-order chi connectivity index (χ0) is 15.8. The average molecular weight is 369 g/mol. The molecule has 1 aliphatic heterocycles. The van der Waals surface area contributed by atoms with Crippen molar-refractivity contribution in [1.29, 1.82) is 0 Å². The number of carboxylic acids is 1. The molecule has 2 rings (SSSR count). The summed E-state index contributed by atoms with van der Waals surface area (Å²) in [7, 11) is 2.70. The van der Waals surface area contributed by atoms with Crippen LogP contribution in [0.2, 0.25) is 0 Å². The van der Waals surface area contributed by atoms with Gasteiger partial charge in [0.25, 0.3) is 0 Å². The van der Waals surface area contributed by atoms with E-state index in [4.69, 9.17) is 14.6 Å². The number of hydrogen-bond acceptors (Lipinski definition) is 3. The summed E-state index contributed by atoms with van der Waals surface area (Å²) < 4.78 is 52.5. The van der Waals surface area contributed by atoms with Crippen molar-refractivity contribution in [3.8, 4) is 11.5 Å². The second-order valence-corrected chi connectivity index (χ2v) is 6.83. The van der Waals surface area contributed by atoms with Crippen LogP contribution in [0.1, 0.15) is 23.2 Å². The quantitative estimate of drug-likeness (QED) is 0.777. The summed E-state index contributed by atoms with van der Waals surface area (Å²) in [6, 6.07) is 1.02. The van der Waals surface area contributed by atoms with E-state index >= 15 is 0 Å². The van der Waals surface area contributed by atoms with E-state index in [1.165, 1.54) is 14.2 Å². The molecule has 21 heavy (non-hydrogen) atoms. The van der Waals surface area contributed by atoms with E-state index in [1.54, 1.807) is 0 Å². The molecule has 1 aliphatic rings. The van der Waals surface area contributed by atoms with Crippen LogP contribution >= 0.6 is 0 Å². The molecular formula is C13H13F3O4Se. The molecule has 8 heteroatoms. The molecule has 0 amide bonds. The first-order chi connectivity index (χ1) is 9.81. The van der Waals surface area contributed by atoms with Crippen LogP contribution in [0.5, 0.6) is 11.5 Å². The van der Waals surface area contributed by atoms with Crippen LogP contribution in [-0.4, -0.2) is 46.2 Å². The molecule has 0 aromatic heterocycles. The Morgan fingerprint density at radius 1 is 1.43 bits per heavy atom. The van der Waals surface area contributed by atoms with Crippen molar-refractivity contribution in [2.24, 2.45) is 0 Å². The van der Waals surface area contributed by atoms with Crippen LogP contribution < -0.4 is 13.9 Å². The van der Waals surface area contributed by atoms with E-state index in [0.717, 1.165) is 6.07 Å². The predicted molar refractivity (Wildman–Crippen MR) is 69.4 cm³/mol. The Kier molecular flexibility index (Phi) is 4.39. The van der Waals surface area contributed by atoms with Crippen molar-refractivity contribution in [2.45, 2.75) is 23.6 Å². The Morgan fingerprint density at radius 2 is 2.10 bits per heavy atom. The fraction of sp³-hybridized carbons (Fsp3) is 0.462. The molecule has 1 aromatic carbocycles. The zero-order valence-corrected chi connectivity index (χ0v) is 13.0. The molecule has 4 nitrogen and oxygen atoms in total. The number of hydrogen-bond donors (Lipinski definition) is 1. The molecule has 1 atom stereocenters. The Bertz CT molecular complexity index is 577. The van der Waals surface area contributed by atoms with Crippen LogP contribution in [0.4, 0.5) is 13.2 Å². The van der Waals surface area contributed by atoms with Gasteiger partial charge in [-0.25, -0.2) is 0 Å². The van der Waals surface area contributed by atoms with E-state index < -0.39 is 50.3 Å². The molecular weight excluding hydrogens is 356 g/mol. The summed E-state index contributed by atoms with van der Waals surface area (Å²) in [5.74, 6) is -4.86. The Labute approximate surface area is 125 Å². The number of benzene rings is 1. The van der Waals surface area contributed by atoms with Gasteiger partial charge >= 0.3 is 125 Å². The Hall–Kier alpha value is -1.40. The summed E-state index contributed by atoms with van der Waals surface area (Å²) in [5.41, 5.74) is -0.0805. The van der Waals surface area contributed by atoms with E-state index in [1.807, 2.05) is 0 Å². The second-order valence-electron chi connectivity index (χ2n) is 4.49. The fourth-order valence-electron chi connectivity index (χ4n) is 2.13. The molecule has 1 aromatic rings. The number of fused-ring (bicyclic) bond motifs is 1. The Morgan fingerprint density at radius 3 is 2.62 bits per heavy atom. The molecule has 0 saturated heterocycles. The molecule has 0 aliphatic carbocycles. The maximum atomic E-state index is 14.0. The van der Waals surface area contributed by atoms with Crippen molar-refractivity contribution < 1.29 is 32.5 Å². The van der Waals surface area contributed by atoms with Crippen LogP contribution in [-0.2, 0) is 4.79 Å². The van der Waals surface area contributed by atoms with Crippen LogP contribution in [0.15, 0.2) is 6.07 Å². The predicted octanol–water partition coefficient (Wildman–Crippen LogP) is 1.73. The van der Waals surface area contributed by atoms with Crippen molar-refractivity contribution >= 4 is 25.4 Å². The second kappa shape index (κ2) is 5.77. The third kappa shape index (κ3) is 2.82. The molecule has 0 bridgehead atoms. The number of alkyl halides is 2. The summed E-state index contributed by atoms with van der Waals surface area (Å²) in [4.78, 5) is 9.17. The molecule has 0 radical (unpaired) electrons. The van der Waals surface area contributed by atoms with Crippen molar-refractivity contribution in [2.75, 3.05) is 14.2 Å². The van der Waals surface area contributed by atoms with Gasteiger partial charge in [-0.05, 0) is 0 Å². The van der Waals surface area contributed by atoms with Gasteiger partial charge in [-0.1, -0.05) is 0 Å². The number of aliphatic carboxylic acids is 1. The van der Waals surface area contributed by atoms with Crippen molar-refractivity contribution in [1.82, 2.24) is 0 Å². The molecule has 0 saturated carbocycles.